The number of nitrogens with zero attached hydrogens (tertiary/aromatic N) is 3. The van der Waals surface area contributed by atoms with E-state index in [4.69, 9.17) is 0 Å². The van der Waals surface area contributed by atoms with Crippen LogP contribution in [0.15, 0.2) is 170 Å². The van der Waals surface area contributed by atoms with Crippen LogP contribution in [0.5, 0.6) is 0 Å². The van der Waals surface area contributed by atoms with Gasteiger partial charge in [0.25, 0.3) is 6.71 Å². The summed E-state index contributed by atoms with van der Waals surface area (Å²) in [6.07, 6.45) is 0. The quantitative estimate of drug-likeness (QED) is 0.154. The maximum atomic E-state index is 2.57. The summed E-state index contributed by atoms with van der Waals surface area (Å²) in [5.74, 6) is 0. The van der Waals surface area contributed by atoms with Crippen LogP contribution < -0.4 is 31.1 Å². The van der Waals surface area contributed by atoms with E-state index in [0.29, 0.717) is 0 Å². The van der Waals surface area contributed by atoms with Crippen molar-refractivity contribution in [1.82, 2.24) is 0 Å². The van der Waals surface area contributed by atoms with Gasteiger partial charge in [-0.15, -0.1) is 0 Å². The minimum Gasteiger partial charge on any atom is -0.311 e. The summed E-state index contributed by atoms with van der Waals surface area (Å²) >= 11 is 0. The monoisotopic (exact) mass is 916 g/mol. The molecule has 2 heterocycles. The zero-order chi connectivity index (χ0) is 49.7. The van der Waals surface area contributed by atoms with Crippen LogP contribution in [0.1, 0.15) is 116 Å². The molecule has 70 heavy (non-hydrogen) atoms. The fraction of sp³-hybridized carbons (Fsp3) is 0.273. The molecule has 0 aliphatic carbocycles. The molecule has 2 aliphatic rings. The number of anilines is 9. The lowest BCUT2D eigenvalue weighted by Gasteiger charge is -2.45. The Bertz CT molecular complexity index is 3100. The highest BCUT2D eigenvalue weighted by Crippen LogP contribution is 2.49. The van der Waals surface area contributed by atoms with E-state index in [1.807, 2.05) is 0 Å². The molecule has 0 spiro atoms. The van der Waals surface area contributed by atoms with Crippen molar-refractivity contribution >= 4 is 74.3 Å². The molecule has 0 atom stereocenters. The van der Waals surface area contributed by atoms with Gasteiger partial charge in [-0.05, 0) is 158 Å². The van der Waals surface area contributed by atoms with Crippen molar-refractivity contribution in [1.29, 1.82) is 0 Å². The minimum atomic E-state index is -0.0464. The van der Waals surface area contributed by atoms with Gasteiger partial charge in [0.2, 0.25) is 0 Å². The molecule has 3 nitrogen and oxygen atoms in total. The molecule has 0 N–H and O–H groups in total. The Morgan fingerprint density at radius 2 is 0.800 bits per heavy atom. The first-order chi connectivity index (χ1) is 33.1. The van der Waals surface area contributed by atoms with Crippen molar-refractivity contribution < 1.29 is 0 Å². The van der Waals surface area contributed by atoms with Gasteiger partial charge in [-0.1, -0.05) is 192 Å². The third-order valence-electron chi connectivity index (χ3n) is 14.8. The first-order valence-corrected chi connectivity index (χ1v) is 25.4. The summed E-state index contributed by atoms with van der Waals surface area (Å²) in [4.78, 5) is 7.64. The van der Waals surface area contributed by atoms with Crippen LogP contribution in [0.4, 0.5) is 51.2 Å². The van der Waals surface area contributed by atoms with E-state index >= 15 is 0 Å². The Labute approximate surface area is 419 Å². The summed E-state index contributed by atoms with van der Waals surface area (Å²) in [7, 11) is 0. The molecule has 352 valence electrons. The van der Waals surface area contributed by atoms with E-state index in [9.17, 15) is 0 Å². The standard InChI is InChI=1S/C66H70BN3/c1-43-20-35-57(44(2)38-43)68(51-29-21-46(22-30-51)45-18-16-15-17-19-45)54-41-60-62-61(42-54)70(53-33-25-48(26-34-53)64(6,7)8)59-37-28-50(66(12,13)14)40-56(59)67(62)55-39-49(65(9,10)11)27-36-58(55)69(60)52-31-23-47(24-32-52)63(3,4)5/h15-42H,1-14H3. The minimum absolute atomic E-state index is 0.0179. The SMILES string of the molecule is Cc1ccc(N(c2ccc(-c3ccccc3)cc2)c2cc3c4c(c2)N(c2ccc(C(C)(C)C)cc2)c2ccc(C(C)(C)C)cc2B4c2cc(C(C)(C)C)ccc2N3c2ccc(C(C)(C)C)cc2)c(C)c1. The van der Waals surface area contributed by atoms with E-state index in [-0.39, 0.29) is 28.4 Å². The van der Waals surface area contributed by atoms with Crippen LogP contribution in [0.2, 0.25) is 0 Å². The molecule has 4 heteroatoms. The Morgan fingerprint density at radius 1 is 0.371 bits per heavy atom. The van der Waals surface area contributed by atoms with Crippen LogP contribution in [0.3, 0.4) is 0 Å². The van der Waals surface area contributed by atoms with Gasteiger partial charge in [-0.2, -0.15) is 0 Å². The number of aryl methyl sites for hydroxylation is 2. The second-order valence-corrected chi connectivity index (χ2v) is 24.2. The lowest BCUT2D eigenvalue weighted by atomic mass is 9.33. The molecule has 0 radical (unpaired) electrons. The van der Waals surface area contributed by atoms with Crippen molar-refractivity contribution in [2.45, 2.75) is 119 Å². The molecule has 0 fully saturated rings. The van der Waals surface area contributed by atoms with E-state index < -0.39 is 0 Å². The molecule has 0 saturated carbocycles. The van der Waals surface area contributed by atoms with Crippen molar-refractivity contribution in [3.05, 3.63) is 203 Å². The maximum absolute atomic E-state index is 2.57. The first-order valence-electron chi connectivity index (χ1n) is 25.4. The topological polar surface area (TPSA) is 9.72 Å². The summed E-state index contributed by atoms with van der Waals surface area (Å²) in [5, 5.41) is 0. The van der Waals surface area contributed by atoms with Crippen molar-refractivity contribution in [3.63, 3.8) is 0 Å². The van der Waals surface area contributed by atoms with E-state index in [2.05, 4.69) is 281 Å². The van der Waals surface area contributed by atoms with Gasteiger partial charge in [0, 0.05) is 45.5 Å². The molecule has 8 aromatic rings. The highest BCUT2D eigenvalue weighted by Gasteiger charge is 2.45. The fourth-order valence-electron chi connectivity index (χ4n) is 10.7. The van der Waals surface area contributed by atoms with Crippen LogP contribution in [0, 0.1) is 13.8 Å². The molecule has 0 unspecified atom stereocenters. The number of benzene rings is 8. The van der Waals surface area contributed by atoms with E-state index in [1.165, 1.54) is 83.6 Å². The smallest absolute Gasteiger partial charge is 0.252 e. The summed E-state index contributed by atoms with van der Waals surface area (Å²) in [5.41, 5.74) is 24.6. The van der Waals surface area contributed by atoms with E-state index in [1.54, 1.807) is 0 Å². The molecule has 2 aliphatic heterocycles. The Kier molecular flexibility index (Phi) is 11.4. The van der Waals surface area contributed by atoms with Crippen LogP contribution in [0.25, 0.3) is 11.1 Å². The largest absolute Gasteiger partial charge is 0.311 e. The highest BCUT2D eigenvalue weighted by atomic mass is 15.2. The second-order valence-electron chi connectivity index (χ2n) is 24.2. The van der Waals surface area contributed by atoms with Crippen LogP contribution in [-0.4, -0.2) is 6.71 Å². The van der Waals surface area contributed by atoms with Gasteiger partial charge in [-0.25, -0.2) is 0 Å². The van der Waals surface area contributed by atoms with Crippen LogP contribution in [-0.2, 0) is 21.7 Å². The molecular weight excluding hydrogens is 846 g/mol. The third kappa shape index (κ3) is 8.44. The van der Waals surface area contributed by atoms with Gasteiger partial charge in [0.1, 0.15) is 0 Å². The van der Waals surface area contributed by atoms with E-state index in [0.717, 1.165) is 28.4 Å². The number of hydrogen-bond acceptors (Lipinski definition) is 3. The molecule has 10 rings (SSSR count). The molecule has 0 bridgehead atoms. The summed E-state index contributed by atoms with van der Waals surface area (Å²) in [6, 6.07) is 65.1. The summed E-state index contributed by atoms with van der Waals surface area (Å²) in [6.45, 7) is 32.3. The Balaban J connectivity index is 1.33. The lowest BCUT2D eigenvalue weighted by molar-refractivity contribution is 0.590. The average Bonchev–Trinajstić information content (AvgIpc) is 3.31. The maximum Gasteiger partial charge on any atom is 0.252 e. The van der Waals surface area contributed by atoms with Gasteiger partial charge >= 0.3 is 0 Å². The zero-order valence-corrected chi connectivity index (χ0v) is 44.1. The first kappa shape index (κ1) is 46.9. The predicted molar refractivity (Wildman–Crippen MR) is 305 cm³/mol. The normalized spacial score (nSPS) is 13.5. The average molecular weight is 916 g/mol. The Hall–Kier alpha value is -6.78. The fourth-order valence-corrected chi connectivity index (χ4v) is 10.7. The van der Waals surface area contributed by atoms with Crippen molar-refractivity contribution in [2.24, 2.45) is 0 Å². The zero-order valence-electron chi connectivity index (χ0n) is 44.1. The second kappa shape index (κ2) is 17.0. The predicted octanol–water partition coefficient (Wildman–Crippen LogP) is 16.7. The molecular formula is C66H70BN3. The van der Waals surface area contributed by atoms with Crippen molar-refractivity contribution in [3.8, 4) is 11.1 Å². The highest BCUT2D eigenvalue weighted by molar-refractivity contribution is 7.00. The summed E-state index contributed by atoms with van der Waals surface area (Å²) < 4.78 is 0. The van der Waals surface area contributed by atoms with Gasteiger partial charge in [0.15, 0.2) is 0 Å². The van der Waals surface area contributed by atoms with Crippen LogP contribution >= 0.6 is 0 Å². The molecule has 0 aromatic heterocycles. The molecule has 0 saturated heterocycles. The number of rotatable bonds is 6. The van der Waals surface area contributed by atoms with Gasteiger partial charge in [-0.3, -0.25) is 0 Å². The number of hydrogen-bond donors (Lipinski definition) is 0. The number of fused-ring (bicyclic) bond motifs is 4. The van der Waals surface area contributed by atoms with Crippen molar-refractivity contribution in [2.75, 3.05) is 14.7 Å². The Morgan fingerprint density at radius 3 is 1.23 bits per heavy atom. The van der Waals surface area contributed by atoms with Gasteiger partial charge < -0.3 is 14.7 Å². The molecule has 0 amide bonds. The molecule has 8 aromatic carbocycles. The van der Waals surface area contributed by atoms with Gasteiger partial charge in [0.05, 0.1) is 5.69 Å². The lowest BCUT2D eigenvalue weighted by Crippen LogP contribution is -2.61. The third-order valence-corrected chi connectivity index (χ3v) is 14.8.